The number of thiophene rings is 1. The van der Waals surface area contributed by atoms with E-state index in [2.05, 4.69) is 31.6 Å². The van der Waals surface area contributed by atoms with Gasteiger partial charge in [-0.3, -0.25) is 4.79 Å². The number of nitrogens with zero attached hydrogens (tertiary/aromatic N) is 5. The van der Waals surface area contributed by atoms with Gasteiger partial charge in [-0.2, -0.15) is 5.10 Å². The van der Waals surface area contributed by atoms with Gasteiger partial charge in [-0.25, -0.2) is 14.6 Å². The van der Waals surface area contributed by atoms with E-state index in [1.165, 1.54) is 4.88 Å². The zero-order chi connectivity index (χ0) is 21.5. The quantitative estimate of drug-likeness (QED) is 0.443. The molecule has 0 atom stereocenters. The number of carbonyl (C=O) groups excluding carboxylic acids is 1. The predicted octanol–water partition coefficient (Wildman–Crippen LogP) is 4.71. The van der Waals surface area contributed by atoms with E-state index in [-0.39, 0.29) is 5.91 Å². The van der Waals surface area contributed by atoms with Crippen molar-refractivity contribution < 1.29 is 9.32 Å². The molecule has 5 aromatic heterocycles. The van der Waals surface area contributed by atoms with E-state index in [0.717, 1.165) is 10.4 Å². The van der Waals surface area contributed by atoms with Gasteiger partial charge < -0.3 is 9.84 Å². The summed E-state index contributed by atoms with van der Waals surface area (Å²) in [5, 5.41) is 11.7. The van der Waals surface area contributed by atoms with E-state index < -0.39 is 0 Å². The third kappa shape index (κ3) is 3.49. The van der Waals surface area contributed by atoms with Crippen LogP contribution in [-0.2, 0) is 0 Å². The van der Waals surface area contributed by atoms with Crippen molar-refractivity contribution in [3.05, 3.63) is 69.9 Å². The highest BCUT2D eigenvalue weighted by atomic mass is 32.1. The number of carbonyl (C=O) groups is 1. The van der Waals surface area contributed by atoms with Gasteiger partial charge in [0.25, 0.3) is 11.6 Å². The van der Waals surface area contributed by atoms with E-state index in [0.29, 0.717) is 39.6 Å². The minimum Gasteiger partial charge on any atom is -0.335 e. The highest BCUT2D eigenvalue weighted by Gasteiger charge is 2.21. The van der Waals surface area contributed by atoms with E-state index in [1.54, 1.807) is 59.7 Å². The molecule has 154 valence electrons. The Hall–Kier alpha value is -3.85. The number of anilines is 1. The molecule has 5 heterocycles. The maximum absolute atomic E-state index is 13.2. The summed E-state index contributed by atoms with van der Waals surface area (Å²) in [7, 11) is 0. The Kier molecular flexibility index (Phi) is 4.59. The second kappa shape index (κ2) is 7.44. The molecule has 8 nitrogen and oxygen atoms in total. The first-order chi connectivity index (χ1) is 15.0. The molecule has 0 aliphatic carbocycles. The van der Waals surface area contributed by atoms with Crippen molar-refractivity contribution in [2.45, 2.75) is 20.8 Å². The number of fused-ring (bicyclic) bond motifs is 1. The first kappa shape index (κ1) is 19.1. The third-order valence-electron chi connectivity index (χ3n) is 4.92. The van der Waals surface area contributed by atoms with Crippen LogP contribution in [0.1, 0.15) is 25.8 Å². The number of amides is 1. The van der Waals surface area contributed by atoms with Gasteiger partial charge in [-0.05, 0) is 51.1 Å². The van der Waals surface area contributed by atoms with Gasteiger partial charge in [0.05, 0.1) is 34.2 Å². The van der Waals surface area contributed by atoms with Crippen LogP contribution in [0.5, 0.6) is 0 Å². The number of aromatic nitrogens is 5. The summed E-state index contributed by atoms with van der Waals surface area (Å²) >= 11 is 1.69. The van der Waals surface area contributed by atoms with Crippen molar-refractivity contribution in [1.82, 2.24) is 24.9 Å². The van der Waals surface area contributed by atoms with Gasteiger partial charge in [0.1, 0.15) is 0 Å². The number of hydrogen-bond acceptors (Lipinski definition) is 7. The van der Waals surface area contributed by atoms with Crippen LogP contribution in [0, 0.1) is 20.8 Å². The minimum atomic E-state index is -0.279. The Bertz CT molecular complexity index is 1400. The summed E-state index contributed by atoms with van der Waals surface area (Å²) in [5.41, 5.74) is 3.66. The second-order valence-corrected chi connectivity index (χ2v) is 8.60. The summed E-state index contributed by atoms with van der Waals surface area (Å²) in [6, 6.07) is 9.26. The van der Waals surface area contributed by atoms with Crippen LogP contribution < -0.4 is 5.32 Å². The summed E-state index contributed by atoms with van der Waals surface area (Å²) in [6.45, 7) is 5.88. The fourth-order valence-electron chi connectivity index (χ4n) is 3.50. The lowest BCUT2D eigenvalue weighted by atomic mass is 10.1. The molecule has 0 aliphatic rings. The zero-order valence-electron chi connectivity index (χ0n) is 17.1. The topological polar surface area (TPSA) is 98.7 Å². The molecule has 0 aliphatic heterocycles. The first-order valence-electron chi connectivity index (χ1n) is 9.61. The lowest BCUT2D eigenvalue weighted by molar-refractivity contribution is 0.102. The van der Waals surface area contributed by atoms with Gasteiger partial charge in [-0.1, -0.05) is 5.16 Å². The SMILES string of the molecule is Cc1cc(-c2cc(C(=O)Nc3ccc(-n4cccn4)nc3)c3c(C)noc3n2)c(C)s1. The molecule has 1 N–H and O–H groups in total. The highest BCUT2D eigenvalue weighted by Crippen LogP contribution is 2.33. The first-order valence-corrected chi connectivity index (χ1v) is 10.4. The van der Waals surface area contributed by atoms with Crippen molar-refractivity contribution in [2.75, 3.05) is 5.32 Å². The molecule has 5 aromatic rings. The molecule has 0 fully saturated rings. The van der Waals surface area contributed by atoms with Gasteiger partial charge in [0, 0.05) is 27.7 Å². The lowest BCUT2D eigenvalue weighted by Gasteiger charge is -2.09. The van der Waals surface area contributed by atoms with Crippen molar-refractivity contribution in [3.63, 3.8) is 0 Å². The predicted molar refractivity (Wildman–Crippen MR) is 119 cm³/mol. The van der Waals surface area contributed by atoms with Gasteiger partial charge in [0.15, 0.2) is 5.82 Å². The Morgan fingerprint density at radius 2 is 2.06 bits per heavy atom. The smallest absolute Gasteiger partial charge is 0.259 e. The molecule has 0 spiro atoms. The van der Waals surface area contributed by atoms with Crippen LogP contribution in [0.15, 0.2) is 53.4 Å². The molecule has 0 saturated heterocycles. The van der Waals surface area contributed by atoms with E-state index in [4.69, 9.17) is 4.52 Å². The Labute approximate surface area is 181 Å². The Morgan fingerprint density at radius 3 is 2.74 bits per heavy atom. The molecule has 1 amide bonds. The maximum Gasteiger partial charge on any atom is 0.259 e. The van der Waals surface area contributed by atoms with Crippen molar-refractivity contribution in [2.24, 2.45) is 0 Å². The van der Waals surface area contributed by atoms with Crippen molar-refractivity contribution in [3.8, 4) is 17.1 Å². The number of rotatable bonds is 4. The number of nitrogens with one attached hydrogen (secondary N) is 1. The van der Waals surface area contributed by atoms with Crippen LogP contribution in [0.2, 0.25) is 0 Å². The van der Waals surface area contributed by atoms with Crippen LogP contribution in [0.4, 0.5) is 5.69 Å². The lowest BCUT2D eigenvalue weighted by Crippen LogP contribution is -2.13. The second-order valence-electron chi connectivity index (χ2n) is 7.14. The normalized spacial score (nSPS) is 11.2. The molecular weight excluding hydrogens is 412 g/mol. The molecule has 0 unspecified atom stereocenters. The fraction of sp³-hybridized carbons (Fsp3) is 0.136. The van der Waals surface area contributed by atoms with Crippen LogP contribution >= 0.6 is 11.3 Å². The fourth-order valence-corrected chi connectivity index (χ4v) is 4.43. The number of aryl methyl sites for hydroxylation is 3. The average Bonchev–Trinajstić information content (AvgIpc) is 3.49. The van der Waals surface area contributed by atoms with Gasteiger partial charge >= 0.3 is 0 Å². The van der Waals surface area contributed by atoms with Crippen LogP contribution in [0.3, 0.4) is 0 Å². The van der Waals surface area contributed by atoms with E-state index in [1.807, 2.05) is 19.9 Å². The molecule has 9 heteroatoms. The third-order valence-corrected chi connectivity index (χ3v) is 5.89. The summed E-state index contributed by atoms with van der Waals surface area (Å²) in [4.78, 5) is 24.5. The highest BCUT2D eigenvalue weighted by molar-refractivity contribution is 7.12. The van der Waals surface area contributed by atoms with E-state index >= 15 is 0 Å². The molecule has 0 aromatic carbocycles. The molecule has 5 rings (SSSR count). The number of pyridine rings is 2. The summed E-state index contributed by atoms with van der Waals surface area (Å²) < 4.78 is 7.04. The molecule has 0 saturated carbocycles. The maximum atomic E-state index is 13.2. The molecule has 31 heavy (non-hydrogen) atoms. The van der Waals surface area contributed by atoms with Crippen molar-refractivity contribution in [1.29, 1.82) is 0 Å². The monoisotopic (exact) mass is 430 g/mol. The minimum absolute atomic E-state index is 0.279. The zero-order valence-corrected chi connectivity index (χ0v) is 17.9. The molecule has 0 radical (unpaired) electrons. The van der Waals surface area contributed by atoms with E-state index in [9.17, 15) is 4.79 Å². The largest absolute Gasteiger partial charge is 0.335 e. The Morgan fingerprint density at radius 1 is 1.19 bits per heavy atom. The summed E-state index contributed by atoms with van der Waals surface area (Å²) in [5.74, 6) is 0.382. The van der Waals surface area contributed by atoms with Crippen LogP contribution in [-0.4, -0.2) is 30.8 Å². The molecular formula is C22H18N6O2S. The van der Waals surface area contributed by atoms with Gasteiger partial charge in [-0.15, -0.1) is 11.3 Å². The number of hydrogen-bond donors (Lipinski definition) is 1. The van der Waals surface area contributed by atoms with Gasteiger partial charge in [0.2, 0.25) is 0 Å². The standard InChI is InChI=1S/C22H18N6O2S/c1-12-9-16(14(3)31-12)18-10-17(20-13(2)27-30-22(20)26-18)21(29)25-15-5-6-19(23-11-15)28-8-4-7-24-28/h4-11H,1-3H3,(H,25,29). The average molecular weight is 430 g/mol. The van der Waals surface area contributed by atoms with Crippen molar-refractivity contribution >= 4 is 34.0 Å². The van der Waals surface area contributed by atoms with Crippen LogP contribution in [0.25, 0.3) is 28.2 Å². The molecule has 0 bridgehead atoms. The summed E-state index contributed by atoms with van der Waals surface area (Å²) in [6.07, 6.45) is 5.08. The Balaban J connectivity index is 1.52.